The lowest BCUT2D eigenvalue weighted by Crippen LogP contribution is -2.47. The van der Waals surface area contributed by atoms with E-state index in [9.17, 15) is 0 Å². The van der Waals surface area contributed by atoms with Crippen molar-refractivity contribution in [3.8, 4) is 0 Å². The number of hydrogen-bond donors (Lipinski definition) is 0. The van der Waals surface area contributed by atoms with E-state index in [4.69, 9.17) is 92.8 Å². The second-order valence-corrected chi connectivity index (χ2v) is 9.29. The molecule has 0 amide bonds. The fraction of sp³-hybridized carbons (Fsp3) is 0.800. The molecule has 0 saturated heterocycles. The van der Waals surface area contributed by atoms with E-state index in [0.717, 1.165) is 0 Å². The van der Waals surface area contributed by atoms with Crippen LogP contribution in [-0.2, 0) is 0 Å². The van der Waals surface area contributed by atoms with Gasteiger partial charge in [-0.25, -0.2) is 0 Å². The quantitative estimate of drug-likeness (QED) is 0.451. The third-order valence-electron chi connectivity index (χ3n) is 4.32. The summed E-state index contributed by atoms with van der Waals surface area (Å²) in [4.78, 5) is -2.50. The van der Waals surface area contributed by atoms with Crippen LogP contribution in [0.4, 0.5) is 0 Å². The van der Waals surface area contributed by atoms with Crippen molar-refractivity contribution in [1.29, 1.82) is 0 Å². The number of allylic oxidation sites excluding steroid dienone is 2. The minimum Gasteiger partial charge on any atom is -0.121 e. The summed E-state index contributed by atoms with van der Waals surface area (Å²) < 4.78 is -1.50. The molecule has 102 valence electrons. The summed E-state index contributed by atoms with van der Waals surface area (Å²) in [5.41, 5.74) is 0. The molecule has 0 heterocycles. The molecule has 2 fully saturated rings. The van der Waals surface area contributed by atoms with Crippen molar-refractivity contribution in [2.24, 2.45) is 11.8 Å². The molecule has 8 heteroatoms. The Morgan fingerprint density at radius 2 is 1.39 bits per heavy atom. The van der Waals surface area contributed by atoms with E-state index in [1.54, 1.807) is 0 Å². The smallest absolute Gasteiger partial charge is 0.121 e. The Balaban J connectivity index is 2.26. The largest absolute Gasteiger partial charge is 0.166 e. The zero-order chi connectivity index (χ0) is 13.7. The van der Waals surface area contributed by atoms with Gasteiger partial charge in [-0.05, 0) is 12.3 Å². The van der Waals surface area contributed by atoms with E-state index in [1.807, 2.05) is 0 Å². The summed E-state index contributed by atoms with van der Waals surface area (Å²) in [5.74, 6) is -0.488. The van der Waals surface area contributed by atoms with Gasteiger partial charge in [0.15, 0.2) is 4.33 Å². The first-order valence-corrected chi connectivity index (χ1v) is 8.35. The molecule has 0 aromatic heterocycles. The van der Waals surface area contributed by atoms with Crippen molar-refractivity contribution < 1.29 is 0 Å². The highest BCUT2D eigenvalue weighted by Gasteiger charge is 2.84. The molecule has 6 atom stereocenters. The van der Waals surface area contributed by atoms with E-state index in [1.165, 1.54) is 0 Å². The van der Waals surface area contributed by atoms with Gasteiger partial charge in [-0.15, -0.1) is 46.4 Å². The van der Waals surface area contributed by atoms with Crippen LogP contribution in [-0.4, -0.2) is 24.8 Å². The van der Waals surface area contributed by atoms with Crippen molar-refractivity contribution in [2.45, 2.75) is 31.3 Å². The number of fused-ring (bicyclic) bond motifs is 5. The minimum absolute atomic E-state index is 0.184. The predicted molar refractivity (Wildman–Crippen MR) is 81.2 cm³/mol. The summed E-state index contributed by atoms with van der Waals surface area (Å²) in [6.45, 7) is 0. The molecule has 0 radical (unpaired) electrons. The van der Waals surface area contributed by atoms with Crippen molar-refractivity contribution in [1.82, 2.24) is 0 Å². The Bertz CT molecular complexity index is 459. The van der Waals surface area contributed by atoms with Gasteiger partial charge in [0.1, 0.15) is 9.75 Å². The van der Waals surface area contributed by atoms with Crippen LogP contribution in [0, 0.1) is 11.8 Å². The van der Waals surface area contributed by atoms with Crippen molar-refractivity contribution >= 4 is 92.8 Å². The van der Waals surface area contributed by atoms with Gasteiger partial charge < -0.3 is 0 Å². The summed E-state index contributed by atoms with van der Waals surface area (Å²) >= 11 is 51.0. The molecular weight excluding hydrogens is 404 g/mol. The van der Waals surface area contributed by atoms with Gasteiger partial charge in [0.25, 0.3) is 0 Å². The first-order chi connectivity index (χ1) is 8.11. The maximum atomic E-state index is 6.62. The molecule has 3 aliphatic carbocycles. The molecule has 0 N–H and O–H groups in total. The van der Waals surface area contributed by atoms with Gasteiger partial charge in [-0.2, -0.15) is 0 Å². The normalized spacial score (nSPS) is 57.3. The number of rotatable bonds is 0. The van der Waals surface area contributed by atoms with Crippen molar-refractivity contribution in [3.63, 3.8) is 0 Å². The standard InChI is InChI=1S/C10H6Cl8/c11-3-1-2-4(5(3)12)9(16)7(14)6(13)8(2,15)10(9,17)18/h2-5H,1H2/t2-,3+,4-,5-,8-,9-/m0/s1. The zero-order valence-corrected chi connectivity index (χ0v) is 14.6. The van der Waals surface area contributed by atoms with Gasteiger partial charge in [-0.3, -0.25) is 0 Å². The second kappa shape index (κ2) is 4.07. The molecular formula is C10H6Cl8. The van der Waals surface area contributed by atoms with E-state index in [2.05, 4.69) is 0 Å². The molecule has 0 aromatic carbocycles. The van der Waals surface area contributed by atoms with Gasteiger partial charge in [-0.1, -0.05) is 46.4 Å². The van der Waals surface area contributed by atoms with Gasteiger partial charge in [0.05, 0.1) is 20.8 Å². The van der Waals surface area contributed by atoms with Crippen LogP contribution >= 0.6 is 92.8 Å². The van der Waals surface area contributed by atoms with Crippen LogP contribution < -0.4 is 0 Å². The van der Waals surface area contributed by atoms with E-state index >= 15 is 0 Å². The van der Waals surface area contributed by atoms with E-state index < -0.39 is 19.5 Å². The SMILES string of the molecule is ClC1=C(Cl)[C@@]2(Cl)[C@H]3C[C@@H](Cl)[C@H](Cl)[C@H]3[C@@]1(Cl)C2(Cl)Cl. The second-order valence-electron chi connectivity index (χ2n) is 4.95. The average molecular weight is 410 g/mol. The summed E-state index contributed by atoms with van der Waals surface area (Å²) in [6.07, 6.45) is 0.555. The van der Waals surface area contributed by atoms with Crippen LogP contribution in [0.2, 0.25) is 0 Å². The van der Waals surface area contributed by atoms with Crippen LogP contribution in [0.1, 0.15) is 6.42 Å². The molecule has 0 aliphatic heterocycles. The minimum atomic E-state index is -1.50. The molecule has 0 spiro atoms. The van der Waals surface area contributed by atoms with Gasteiger partial charge in [0.2, 0.25) is 0 Å². The molecule has 3 rings (SSSR count). The highest BCUT2D eigenvalue weighted by atomic mass is 35.5. The van der Waals surface area contributed by atoms with Crippen LogP contribution in [0.5, 0.6) is 0 Å². The fourth-order valence-electron chi connectivity index (χ4n) is 3.48. The Labute approximate surface area is 145 Å². The van der Waals surface area contributed by atoms with Gasteiger partial charge in [0, 0.05) is 5.92 Å². The topological polar surface area (TPSA) is 0 Å². The Hall–Kier alpha value is 2.06. The molecule has 18 heavy (non-hydrogen) atoms. The third-order valence-corrected chi connectivity index (χ3v) is 9.79. The Morgan fingerprint density at radius 1 is 0.889 bits per heavy atom. The number of hydrogen-bond acceptors (Lipinski definition) is 0. The Kier molecular flexibility index (Phi) is 3.39. The maximum Gasteiger partial charge on any atom is 0.166 e. The lowest BCUT2D eigenvalue weighted by atomic mass is 9.84. The maximum absolute atomic E-state index is 6.62. The molecule has 2 saturated carbocycles. The summed E-state index contributed by atoms with van der Waals surface area (Å²) in [7, 11) is 0. The molecule has 0 nitrogen and oxygen atoms in total. The average Bonchev–Trinajstić information content (AvgIpc) is 2.69. The van der Waals surface area contributed by atoms with Crippen LogP contribution in [0.25, 0.3) is 0 Å². The van der Waals surface area contributed by atoms with Crippen molar-refractivity contribution in [2.75, 3.05) is 0 Å². The van der Waals surface area contributed by atoms with E-state index in [-0.39, 0.29) is 27.3 Å². The Morgan fingerprint density at radius 3 is 1.94 bits per heavy atom. The fourth-order valence-corrected chi connectivity index (χ4v) is 7.46. The zero-order valence-electron chi connectivity index (χ0n) is 8.54. The first kappa shape index (κ1) is 15.0. The highest BCUT2D eigenvalue weighted by molar-refractivity contribution is 6.66. The van der Waals surface area contributed by atoms with Crippen LogP contribution in [0.3, 0.4) is 0 Å². The highest BCUT2D eigenvalue weighted by Crippen LogP contribution is 2.79. The summed E-state index contributed by atoms with van der Waals surface area (Å²) in [6, 6.07) is 0. The lowest BCUT2D eigenvalue weighted by molar-refractivity contribution is 0.385. The predicted octanol–water partition coefficient (Wildman–Crippen LogP) is 5.68. The number of alkyl halides is 6. The monoisotopic (exact) mass is 406 g/mol. The first-order valence-electron chi connectivity index (χ1n) is 5.21. The molecule has 0 unspecified atom stereocenters. The lowest BCUT2D eigenvalue weighted by Gasteiger charge is -2.35. The molecule has 0 aromatic rings. The van der Waals surface area contributed by atoms with Gasteiger partial charge >= 0.3 is 0 Å². The van der Waals surface area contributed by atoms with Crippen molar-refractivity contribution in [3.05, 3.63) is 10.1 Å². The summed E-state index contributed by atoms with van der Waals surface area (Å²) in [5, 5.41) is -0.259. The van der Waals surface area contributed by atoms with Crippen LogP contribution in [0.15, 0.2) is 10.1 Å². The third kappa shape index (κ3) is 1.28. The van der Waals surface area contributed by atoms with E-state index in [0.29, 0.717) is 6.42 Å². The molecule has 2 bridgehead atoms. The molecule has 3 aliphatic rings. The number of halogens is 8.